The van der Waals surface area contributed by atoms with E-state index in [9.17, 15) is 15.0 Å². The highest BCUT2D eigenvalue weighted by atomic mass is 16.6. The van der Waals surface area contributed by atoms with E-state index in [4.69, 9.17) is 9.47 Å². The second kappa shape index (κ2) is 14.3. The number of nitrogens with one attached hydrogen (secondary N) is 1. The van der Waals surface area contributed by atoms with Crippen molar-refractivity contribution >= 4 is 11.9 Å². The molecule has 2 atom stereocenters. The molecule has 0 amide bonds. The number of aromatic hydroxyl groups is 2. The zero-order chi connectivity index (χ0) is 40.2. The van der Waals surface area contributed by atoms with Gasteiger partial charge in [0.2, 0.25) is 0 Å². The van der Waals surface area contributed by atoms with Crippen LogP contribution in [0.5, 0.6) is 11.5 Å². The number of benzene rings is 2. The van der Waals surface area contributed by atoms with Crippen LogP contribution in [-0.2, 0) is 46.1 Å². The number of phenolic OH excluding ortho intramolecular Hbond substituents is 2. The van der Waals surface area contributed by atoms with Gasteiger partial charge in [0.05, 0.1) is 5.41 Å². The normalized spacial score (nSPS) is 18.7. The van der Waals surface area contributed by atoms with Crippen molar-refractivity contribution in [1.29, 1.82) is 0 Å². The maximum absolute atomic E-state index is 15.1. The van der Waals surface area contributed by atoms with Crippen molar-refractivity contribution in [1.82, 2.24) is 5.32 Å². The number of phenols is 2. The smallest absolute Gasteiger partial charge is 0.316 e. The van der Waals surface area contributed by atoms with Crippen LogP contribution in [0, 0.1) is 5.92 Å². The second-order valence-corrected chi connectivity index (χ2v) is 21.0. The highest BCUT2D eigenvalue weighted by Gasteiger charge is 2.52. The average molecular weight is 722 g/mol. The number of piperidine rings is 1. The van der Waals surface area contributed by atoms with Crippen molar-refractivity contribution in [3.05, 3.63) is 57.6 Å². The zero-order valence-corrected chi connectivity index (χ0v) is 35.8. The summed E-state index contributed by atoms with van der Waals surface area (Å²) in [5.41, 5.74) is 1.26. The number of carbonyl (C=O) groups is 2. The zero-order valence-electron chi connectivity index (χ0n) is 35.8. The van der Waals surface area contributed by atoms with E-state index in [1.165, 1.54) is 0 Å². The van der Waals surface area contributed by atoms with Gasteiger partial charge >= 0.3 is 11.9 Å². The molecule has 1 fully saturated rings. The molecule has 0 saturated carbocycles. The minimum absolute atomic E-state index is 0.123. The van der Waals surface area contributed by atoms with E-state index in [1.54, 1.807) is 6.92 Å². The molecule has 0 aromatic heterocycles. The molecule has 3 rings (SSSR count). The molecule has 1 heterocycles. The lowest BCUT2D eigenvalue weighted by atomic mass is 9.60. The summed E-state index contributed by atoms with van der Waals surface area (Å²) in [7, 11) is 0. The van der Waals surface area contributed by atoms with Crippen molar-refractivity contribution in [2.24, 2.45) is 5.92 Å². The quantitative estimate of drug-likeness (QED) is 0.233. The lowest BCUT2D eigenvalue weighted by Crippen LogP contribution is -2.61. The van der Waals surface area contributed by atoms with Gasteiger partial charge < -0.3 is 25.0 Å². The number of hydrogen-bond donors (Lipinski definition) is 3. The third-order valence-electron chi connectivity index (χ3n) is 10.8. The van der Waals surface area contributed by atoms with Gasteiger partial charge in [-0.25, -0.2) is 0 Å². The number of carbonyl (C=O) groups excluding carboxylic acids is 2. The maximum atomic E-state index is 15.1. The van der Waals surface area contributed by atoms with Crippen LogP contribution in [0.25, 0.3) is 0 Å². The fraction of sp³-hybridized carbons (Fsp3) is 0.689. The summed E-state index contributed by atoms with van der Waals surface area (Å²) in [6.07, 6.45) is 0.708. The van der Waals surface area contributed by atoms with E-state index in [1.807, 2.05) is 72.7 Å². The van der Waals surface area contributed by atoms with Gasteiger partial charge in [0, 0.05) is 17.5 Å². The Morgan fingerprint density at radius 1 is 0.712 bits per heavy atom. The van der Waals surface area contributed by atoms with E-state index in [0.717, 1.165) is 27.8 Å². The van der Waals surface area contributed by atoms with Gasteiger partial charge in [-0.15, -0.1) is 0 Å². The molecule has 2 aromatic carbocycles. The van der Waals surface area contributed by atoms with E-state index >= 15 is 4.79 Å². The number of esters is 2. The van der Waals surface area contributed by atoms with Crippen molar-refractivity contribution in [2.75, 3.05) is 6.61 Å². The highest BCUT2D eigenvalue weighted by Crippen LogP contribution is 2.49. The Morgan fingerprint density at radius 3 is 1.42 bits per heavy atom. The molecule has 2 aromatic rings. The highest BCUT2D eigenvalue weighted by molar-refractivity contribution is 5.84. The summed E-state index contributed by atoms with van der Waals surface area (Å²) in [5.74, 6) is -0.451. The standard InChI is InChI=1S/C45H71NO6/c1-19-35(47)52-34(27-20-30(39(2,3)4)36(48)31(21-27)40(5,6)7)26-51-38(50)45(18,29-24-43(14,15)46-44(16,17)25-29)28-22-32(41(8,9)10)37(49)33(23-28)42(11,12)13/h20-23,29,34,46,48-49H,19,24-26H2,1-18H3. The monoisotopic (exact) mass is 722 g/mol. The van der Waals surface area contributed by atoms with Gasteiger partial charge in [-0.3, -0.25) is 9.59 Å². The molecular weight excluding hydrogens is 650 g/mol. The predicted molar refractivity (Wildman–Crippen MR) is 212 cm³/mol. The molecule has 7 nitrogen and oxygen atoms in total. The Morgan fingerprint density at radius 2 is 1.08 bits per heavy atom. The molecule has 292 valence electrons. The van der Waals surface area contributed by atoms with Crippen LogP contribution in [0.2, 0.25) is 0 Å². The first-order chi connectivity index (χ1) is 23.2. The third kappa shape index (κ3) is 9.53. The van der Waals surface area contributed by atoms with Crippen LogP contribution in [0.3, 0.4) is 0 Å². The number of hydrogen-bond acceptors (Lipinski definition) is 7. The summed E-state index contributed by atoms with van der Waals surface area (Å²) in [4.78, 5) is 28.0. The van der Waals surface area contributed by atoms with Gasteiger partial charge in [-0.05, 0) is 121 Å². The van der Waals surface area contributed by atoms with E-state index in [2.05, 4.69) is 74.6 Å². The largest absolute Gasteiger partial charge is 0.507 e. The van der Waals surface area contributed by atoms with Crippen molar-refractivity contribution in [2.45, 2.75) is 188 Å². The summed E-state index contributed by atoms with van der Waals surface area (Å²) >= 11 is 0. The molecule has 0 radical (unpaired) electrons. The van der Waals surface area contributed by atoms with Gasteiger partial charge in [0.15, 0.2) is 6.10 Å². The Bertz CT molecular complexity index is 1550. The Labute approximate surface area is 315 Å². The van der Waals surface area contributed by atoms with Gasteiger partial charge in [-0.2, -0.15) is 0 Å². The van der Waals surface area contributed by atoms with E-state index < -0.39 is 45.1 Å². The molecule has 0 aliphatic carbocycles. The van der Waals surface area contributed by atoms with Crippen LogP contribution in [0.15, 0.2) is 24.3 Å². The van der Waals surface area contributed by atoms with Crippen LogP contribution in [0.4, 0.5) is 0 Å². The van der Waals surface area contributed by atoms with Crippen molar-refractivity contribution < 1.29 is 29.3 Å². The van der Waals surface area contributed by atoms with Crippen LogP contribution in [-0.4, -0.2) is 39.8 Å². The van der Waals surface area contributed by atoms with Crippen molar-refractivity contribution in [3.63, 3.8) is 0 Å². The first-order valence-corrected chi connectivity index (χ1v) is 19.2. The second-order valence-electron chi connectivity index (χ2n) is 21.0. The summed E-state index contributed by atoms with van der Waals surface area (Å²) in [6, 6.07) is 7.78. The molecule has 1 saturated heterocycles. The summed E-state index contributed by atoms with van der Waals surface area (Å²) in [5, 5.41) is 26.9. The summed E-state index contributed by atoms with van der Waals surface area (Å²) < 4.78 is 12.5. The Hall–Kier alpha value is -3.06. The molecule has 0 bridgehead atoms. The first kappa shape index (κ1) is 43.3. The minimum Gasteiger partial charge on any atom is -0.507 e. The fourth-order valence-corrected chi connectivity index (χ4v) is 8.06. The predicted octanol–water partition coefficient (Wildman–Crippen LogP) is 10.3. The topological polar surface area (TPSA) is 105 Å². The van der Waals surface area contributed by atoms with Crippen LogP contribution >= 0.6 is 0 Å². The van der Waals surface area contributed by atoms with Gasteiger partial charge in [-0.1, -0.05) is 102 Å². The average Bonchev–Trinajstić information content (AvgIpc) is 2.94. The van der Waals surface area contributed by atoms with Gasteiger partial charge in [0.1, 0.15) is 18.1 Å². The van der Waals surface area contributed by atoms with Gasteiger partial charge in [0.25, 0.3) is 0 Å². The lowest BCUT2D eigenvalue weighted by Gasteiger charge is -2.51. The van der Waals surface area contributed by atoms with E-state index in [0.29, 0.717) is 18.4 Å². The summed E-state index contributed by atoms with van der Waals surface area (Å²) in [6.45, 7) is 36.9. The molecule has 3 N–H and O–H groups in total. The SMILES string of the molecule is CCC(=O)OC(COC(=O)C(C)(c1cc(C(C)(C)C)c(O)c(C(C)(C)C)c1)C1CC(C)(C)NC(C)(C)C1)c1cc(C(C)(C)C)c(O)c(C(C)(C)C)c1. The molecule has 52 heavy (non-hydrogen) atoms. The first-order valence-electron chi connectivity index (χ1n) is 19.2. The number of rotatable bonds is 8. The third-order valence-corrected chi connectivity index (χ3v) is 10.8. The van der Waals surface area contributed by atoms with Crippen LogP contribution < -0.4 is 5.32 Å². The molecule has 1 aliphatic heterocycles. The molecule has 1 aliphatic rings. The molecule has 0 spiro atoms. The van der Waals surface area contributed by atoms with E-state index in [-0.39, 0.29) is 41.5 Å². The lowest BCUT2D eigenvalue weighted by molar-refractivity contribution is -0.165. The minimum atomic E-state index is -1.12. The Balaban J connectivity index is 2.29. The fourth-order valence-electron chi connectivity index (χ4n) is 8.06. The number of ether oxygens (including phenoxy) is 2. The molecular formula is C45H71NO6. The Kier molecular flexibility index (Phi) is 11.9. The maximum Gasteiger partial charge on any atom is 0.316 e. The van der Waals surface area contributed by atoms with Crippen LogP contribution in [0.1, 0.15) is 183 Å². The van der Waals surface area contributed by atoms with Crippen molar-refractivity contribution in [3.8, 4) is 11.5 Å². The molecule has 2 unspecified atom stereocenters. The molecule has 7 heteroatoms.